The van der Waals surface area contributed by atoms with E-state index in [0.29, 0.717) is 0 Å². The highest BCUT2D eigenvalue weighted by Gasteiger charge is 2.24. The summed E-state index contributed by atoms with van der Waals surface area (Å²) in [6.07, 6.45) is 4.13. The number of nitrogens with one attached hydrogen (secondary N) is 2. The molecule has 0 aliphatic carbocycles. The summed E-state index contributed by atoms with van der Waals surface area (Å²) in [5, 5.41) is 10.9. The van der Waals surface area contributed by atoms with Crippen LogP contribution in [0.25, 0.3) is 22.0 Å². The molecule has 0 saturated carbocycles. The van der Waals surface area contributed by atoms with Gasteiger partial charge in [0.25, 0.3) is 0 Å². The van der Waals surface area contributed by atoms with Crippen LogP contribution in [-0.2, 0) is 0 Å². The fourth-order valence-electron chi connectivity index (χ4n) is 3.64. The van der Waals surface area contributed by atoms with Crippen molar-refractivity contribution < 1.29 is 10.1 Å². The molecule has 26 heavy (non-hydrogen) atoms. The number of para-hydroxylation sites is 2. The fourth-order valence-corrected chi connectivity index (χ4v) is 3.64. The van der Waals surface area contributed by atoms with Gasteiger partial charge in [-0.2, -0.15) is 0 Å². The molecular weight excluding hydrogens is 320 g/mol. The molecule has 5 rings (SSSR count). The molecule has 2 heterocycles. The number of phenols is 1. The zero-order valence-corrected chi connectivity index (χ0v) is 14.0. The quantitative estimate of drug-likeness (QED) is 0.514. The van der Waals surface area contributed by atoms with Crippen LogP contribution in [0.3, 0.4) is 0 Å². The number of allylic oxidation sites excluding steroid dienone is 1. The molecule has 1 aliphatic heterocycles. The minimum atomic E-state index is 0.269. The molecule has 0 saturated heterocycles. The fraction of sp³-hybridized carbons (Fsp3) is 0. The number of rotatable bonds is 2. The van der Waals surface area contributed by atoms with Crippen molar-refractivity contribution in [2.24, 2.45) is 0 Å². The minimum absolute atomic E-state index is 0.269. The van der Waals surface area contributed by atoms with Gasteiger partial charge >= 0.3 is 0 Å². The third kappa shape index (κ3) is 2.25. The first-order valence-corrected chi connectivity index (χ1v) is 8.60. The highest BCUT2D eigenvalue weighted by molar-refractivity contribution is 6.24. The van der Waals surface area contributed by atoms with Crippen molar-refractivity contribution in [2.45, 2.75) is 0 Å². The molecule has 3 N–H and O–H groups in total. The second-order valence-corrected chi connectivity index (χ2v) is 6.42. The van der Waals surface area contributed by atoms with E-state index >= 15 is 0 Å². The van der Waals surface area contributed by atoms with E-state index in [1.165, 1.54) is 10.9 Å². The van der Waals surface area contributed by atoms with Gasteiger partial charge in [-0.05, 0) is 29.8 Å². The molecule has 0 bridgehead atoms. The summed E-state index contributed by atoms with van der Waals surface area (Å²) in [4.78, 5) is 6.76. The molecule has 0 fully saturated rings. The van der Waals surface area contributed by atoms with Gasteiger partial charge in [-0.15, -0.1) is 0 Å². The number of hydrogen-bond acceptors (Lipinski definition) is 1. The van der Waals surface area contributed by atoms with Gasteiger partial charge in [-0.1, -0.05) is 42.5 Å². The first-order valence-electron chi connectivity index (χ1n) is 8.60. The number of aromatic amines is 1. The second-order valence-electron chi connectivity index (χ2n) is 6.42. The smallest absolute Gasteiger partial charge is 0.211 e. The molecule has 0 radical (unpaired) electrons. The van der Waals surface area contributed by atoms with Crippen LogP contribution in [0, 0.1) is 0 Å². The predicted molar refractivity (Wildman–Crippen MR) is 105 cm³/mol. The summed E-state index contributed by atoms with van der Waals surface area (Å²) in [6.45, 7) is 0. The minimum Gasteiger partial charge on any atom is -0.508 e. The standard InChI is InChI=1S/C23H16N2O/c26-16-11-9-15(10-12-16)23(19-13-24-21-7-3-1-5-17(19)21)20-14-25-22-8-4-2-6-18(20)22/h1-14,24,26H/p+1/b23-20-. The molecule has 0 unspecified atom stereocenters. The normalized spacial score (nSPS) is 14.6. The number of aromatic hydroxyl groups is 1. The molecule has 124 valence electrons. The van der Waals surface area contributed by atoms with Crippen LogP contribution < -0.4 is 4.99 Å². The van der Waals surface area contributed by atoms with E-state index in [-0.39, 0.29) is 5.75 Å². The monoisotopic (exact) mass is 337 g/mol. The average Bonchev–Trinajstić information content (AvgIpc) is 3.29. The zero-order chi connectivity index (χ0) is 17.5. The van der Waals surface area contributed by atoms with Crippen LogP contribution in [-0.4, -0.2) is 16.3 Å². The Morgan fingerprint density at radius 1 is 0.846 bits per heavy atom. The zero-order valence-electron chi connectivity index (χ0n) is 14.0. The maximum atomic E-state index is 9.72. The van der Waals surface area contributed by atoms with Crippen molar-refractivity contribution in [3.05, 3.63) is 95.7 Å². The number of benzene rings is 3. The maximum absolute atomic E-state index is 9.72. The summed E-state index contributed by atoms with van der Waals surface area (Å²) in [6, 6.07) is 24.0. The highest BCUT2D eigenvalue weighted by Crippen LogP contribution is 2.37. The SMILES string of the molecule is Oc1ccc(/C(=C2\C=[NH+]c3ccccc32)c2c[nH]c3ccccc23)cc1. The Balaban J connectivity index is 1.85. The number of phenolic OH excluding ortho intramolecular Hbond substituents is 1. The lowest BCUT2D eigenvalue weighted by atomic mass is 9.90. The summed E-state index contributed by atoms with van der Waals surface area (Å²) in [5.74, 6) is 0.269. The topological polar surface area (TPSA) is 50.0 Å². The van der Waals surface area contributed by atoms with Crippen LogP contribution in [0.4, 0.5) is 5.69 Å². The largest absolute Gasteiger partial charge is 0.508 e. The first-order chi connectivity index (χ1) is 12.8. The molecule has 0 atom stereocenters. The number of H-pyrrole nitrogens is 1. The Morgan fingerprint density at radius 3 is 2.50 bits per heavy atom. The van der Waals surface area contributed by atoms with Crippen molar-refractivity contribution in [3.8, 4) is 5.75 Å². The van der Waals surface area contributed by atoms with Crippen molar-refractivity contribution >= 4 is 34.0 Å². The maximum Gasteiger partial charge on any atom is 0.211 e. The molecule has 1 aliphatic rings. The summed E-state index contributed by atoms with van der Waals surface area (Å²) >= 11 is 0. The Labute approximate surface area is 151 Å². The van der Waals surface area contributed by atoms with Gasteiger partial charge in [0, 0.05) is 34.3 Å². The van der Waals surface area contributed by atoms with E-state index in [1.807, 2.05) is 24.3 Å². The Kier molecular flexibility index (Phi) is 3.25. The number of hydrogen-bond donors (Lipinski definition) is 3. The van der Waals surface area contributed by atoms with E-state index in [4.69, 9.17) is 0 Å². The molecular formula is C23H17N2O+. The predicted octanol–water partition coefficient (Wildman–Crippen LogP) is 3.63. The highest BCUT2D eigenvalue weighted by atomic mass is 16.3. The molecule has 3 nitrogen and oxygen atoms in total. The van der Waals surface area contributed by atoms with Gasteiger partial charge in [-0.3, -0.25) is 0 Å². The van der Waals surface area contributed by atoms with Crippen molar-refractivity contribution in [3.63, 3.8) is 0 Å². The van der Waals surface area contributed by atoms with Gasteiger partial charge in [0.1, 0.15) is 5.75 Å². The van der Waals surface area contributed by atoms with Gasteiger partial charge < -0.3 is 10.1 Å². The average molecular weight is 337 g/mol. The van der Waals surface area contributed by atoms with E-state index in [2.05, 4.69) is 58.8 Å². The van der Waals surface area contributed by atoms with E-state index in [1.54, 1.807) is 12.1 Å². The molecule has 0 spiro atoms. The Hall–Kier alpha value is -3.59. The lowest BCUT2D eigenvalue weighted by molar-refractivity contribution is -0.342. The van der Waals surface area contributed by atoms with Gasteiger partial charge in [-0.25, -0.2) is 4.99 Å². The second kappa shape index (κ2) is 5.74. The summed E-state index contributed by atoms with van der Waals surface area (Å²) in [5.41, 5.74) is 7.90. The summed E-state index contributed by atoms with van der Waals surface area (Å²) in [7, 11) is 0. The van der Waals surface area contributed by atoms with E-state index in [0.717, 1.165) is 33.5 Å². The lowest BCUT2D eigenvalue weighted by Crippen LogP contribution is -2.58. The van der Waals surface area contributed by atoms with Crippen molar-refractivity contribution in [1.29, 1.82) is 0 Å². The molecule has 4 aromatic rings. The number of aromatic nitrogens is 1. The van der Waals surface area contributed by atoms with Crippen LogP contribution in [0.1, 0.15) is 16.7 Å². The third-order valence-electron chi connectivity index (χ3n) is 4.87. The molecule has 3 aromatic carbocycles. The molecule has 3 heteroatoms. The van der Waals surface area contributed by atoms with Gasteiger partial charge in [0.05, 0.1) is 11.1 Å². The van der Waals surface area contributed by atoms with Gasteiger partial charge in [0.15, 0.2) is 6.21 Å². The van der Waals surface area contributed by atoms with Crippen LogP contribution in [0.5, 0.6) is 5.75 Å². The summed E-state index contributed by atoms with van der Waals surface area (Å²) < 4.78 is 0. The van der Waals surface area contributed by atoms with Crippen LogP contribution in [0.15, 0.2) is 79.0 Å². The molecule has 1 aromatic heterocycles. The van der Waals surface area contributed by atoms with Crippen molar-refractivity contribution in [1.82, 2.24) is 4.98 Å². The lowest BCUT2D eigenvalue weighted by Gasteiger charge is -2.10. The first kappa shape index (κ1) is 14.7. The Morgan fingerprint density at radius 2 is 1.62 bits per heavy atom. The number of fused-ring (bicyclic) bond motifs is 2. The third-order valence-corrected chi connectivity index (χ3v) is 4.87. The van der Waals surface area contributed by atoms with Crippen LogP contribution >= 0.6 is 0 Å². The van der Waals surface area contributed by atoms with E-state index < -0.39 is 0 Å². The Bertz CT molecular complexity index is 1180. The van der Waals surface area contributed by atoms with Crippen LogP contribution in [0.2, 0.25) is 0 Å². The van der Waals surface area contributed by atoms with Crippen molar-refractivity contribution in [2.75, 3.05) is 0 Å². The van der Waals surface area contributed by atoms with E-state index in [9.17, 15) is 5.11 Å². The molecule has 0 amide bonds. The van der Waals surface area contributed by atoms with Gasteiger partial charge in [0.2, 0.25) is 5.69 Å².